The van der Waals surface area contributed by atoms with Gasteiger partial charge in [-0.05, 0) is 148 Å². The van der Waals surface area contributed by atoms with Crippen molar-refractivity contribution in [3.05, 3.63) is 97.2 Å². The number of ether oxygens (including phenoxy) is 4. The molecule has 0 aliphatic heterocycles. The average molecular weight is 1450 g/mol. The van der Waals surface area contributed by atoms with Crippen LogP contribution in [0.1, 0.15) is 336 Å². The number of phosphoric acid groups is 2. The van der Waals surface area contributed by atoms with Gasteiger partial charge < -0.3 is 33.8 Å². The molecule has 0 aliphatic carbocycles. The first-order valence-electron chi connectivity index (χ1n) is 39.5. The van der Waals surface area contributed by atoms with E-state index in [1.165, 1.54) is 89.9 Å². The number of aliphatic hydroxyl groups excluding tert-OH is 1. The van der Waals surface area contributed by atoms with Crippen LogP contribution in [0.5, 0.6) is 0 Å². The van der Waals surface area contributed by atoms with Gasteiger partial charge in [-0.3, -0.25) is 37.3 Å². The summed E-state index contributed by atoms with van der Waals surface area (Å²) in [5.41, 5.74) is 0. The topological polar surface area (TPSA) is 237 Å². The highest BCUT2D eigenvalue weighted by Gasteiger charge is 2.30. The Balaban J connectivity index is 5.38. The van der Waals surface area contributed by atoms with E-state index >= 15 is 0 Å². The molecular formula is C81H142O17P2. The van der Waals surface area contributed by atoms with E-state index in [2.05, 4.69) is 125 Å². The highest BCUT2D eigenvalue weighted by molar-refractivity contribution is 7.47. The van der Waals surface area contributed by atoms with E-state index in [0.717, 1.165) is 167 Å². The molecule has 0 aliphatic rings. The lowest BCUT2D eigenvalue weighted by Crippen LogP contribution is -2.30. The summed E-state index contributed by atoms with van der Waals surface area (Å²) in [4.78, 5) is 72.9. The lowest BCUT2D eigenvalue weighted by Gasteiger charge is -2.21. The zero-order chi connectivity index (χ0) is 73.2. The Morgan fingerprint density at radius 1 is 0.290 bits per heavy atom. The van der Waals surface area contributed by atoms with Crippen molar-refractivity contribution >= 4 is 39.5 Å². The minimum atomic E-state index is -4.98. The number of rotatable bonds is 74. The van der Waals surface area contributed by atoms with Crippen LogP contribution < -0.4 is 0 Å². The molecule has 3 N–H and O–H groups in total. The van der Waals surface area contributed by atoms with Crippen LogP contribution in [0.3, 0.4) is 0 Å². The molecule has 0 bridgehead atoms. The fourth-order valence-electron chi connectivity index (χ4n) is 10.5. The van der Waals surface area contributed by atoms with Gasteiger partial charge in [-0.2, -0.15) is 0 Å². The van der Waals surface area contributed by atoms with Crippen molar-refractivity contribution in [3.63, 3.8) is 0 Å². The van der Waals surface area contributed by atoms with Gasteiger partial charge >= 0.3 is 39.5 Å². The smallest absolute Gasteiger partial charge is 0.462 e. The van der Waals surface area contributed by atoms with Gasteiger partial charge in [0.2, 0.25) is 0 Å². The number of phosphoric ester groups is 2. The van der Waals surface area contributed by atoms with E-state index in [4.69, 9.17) is 37.0 Å². The van der Waals surface area contributed by atoms with E-state index < -0.39 is 97.5 Å². The number of carbonyl (C=O) groups excluding carboxylic acids is 4. The van der Waals surface area contributed by atoms with Crippen LogP contribution in [-0.4, -0.2) is 96.7 Å². The van der Waals surface area contributed by atoms with E-state index in [1.807, 2.05) is 0 Å². The first-order chi connectivity index (χ1) is 48.7. The Hall–Kier alpha value is -4.02. The van der Waals surface area contributed by atoms with Crippen molar-refractivity contribution in [3.8, 4) is 0 Å². The molecule has 0 fully saturated rings. The van der Waals surface area contributed by atoms with Gasteiger partial charge in [0.1, 0.15) is 19.3 Å². The van der Waals surface area contributed by atoms with Crippen molar-refractivity contribution in [2.75, 3.05) is 39.6 Å². The quantitative estimate of drug-likeness (QED) is 0.0169. The zero-order valence-corrected chi connectivity index (χ0v) is 64.9. The predicted octanol–water partition coefficient (Wildman–Crippen LogP) is 22.8. The Morgan fingerprint density at radius 3 is 0.830 bits per heavy atom. The van der Waals surface area contributed by atoms with Crippen LogP contribution >= 0.6 is 15.6 Å². The number of hydrogen-bond donors (Lipinski definition) is 3. The van der Waals surface area contributed by atoms with Crippen LogP contribution in [-0.2, 0) is 65.4 Å². The molecule has 0 spiro atoms. The third kappa shape index (κ3) is 72.3. The molecule has 2 unspecified atom stereocenters. The fraction of sp³-hybridized carbons (Fsp3) is 0.753. The van der Waals surface area contributed by atoms with Crippen molar-refractivity contribution in [2.24, 2.45) is 0 Å². The summed E-state index contributed by atoms with van der Waals surface area (Å²) in [5, 5.41) is 10.6. The molecule has 0 aromatic carbocycles. The van der Waals surface area contributed by atoms with E-state index in [0.29, 0.717) is 25.7 Å². The SMILES string of the molecule is CC/C=C\C/C=C\C/C=C\C/C=C\C/C=C\CCCCCC(=O)OC[C@H](COP(=O)(O)OC[C@@H](O)COP(=O)(O)OC[C@@H](COC(=O)CCCCCCC/C=C\CCCCCC)OC(=O)CCCCCCC/C=C\CCCCCC)OC(=O)CCCCCCC/C=C\CCCCCCCC. The summed E-state index contributed by atoms with van der Waals surface area (Å²) >= 11 is 0. The van der Waals surface area contributed by atoms with Crippen LogP contribution in [0.25, 0.3) is 0 Å². The van der Waals surface area contributed by atoms with E-state index in [9.17, 15) is 43.2 Å². The Bertz CT molecular complexity index is 2270. The fourth-order valence-corrected chi connectivity index (χ4v) is 12.0. The van der Waals surface area contributed by atoms with Gasteiger partial charge in [0.15, 0.2) is 12.2 Å². The number of hydrogen-bond acceptors (Lipinski definition) is 15. The first kappa shape index (κ1) is 96.0. The molecule has 19 heteroatoms. The number of allylic oxidation sites excluding steroid dienone is 16. The van der Waals surface area contributed by atoms with Crippen LogP contribution in [0, 0.1) is 0 Å². The summed E-state index contributed by atoms with van der Waals surface area (Å²) in [5.74, 6) is -2.22. The molecule has 0 amide bonds. The molecular weight excluding hydrogens is 1310 g/mol. The minimum Gasteiger partial charge on any atom is -0.462 e. The number of unbranched alkanes of at least 4 members (excludes halogenated alkanes) is 32. The molecule has 0 rings (SSSR count). The van der Waals surface area contributed by atoms with Crippen molar-refractivity contribution in [1.29, 1.82) is 0 Å². The normalized spacial score (nSPS) is 14.4. The third-order valence-corrected chi connectivity index (χ3v) is 18.4. The second kappa shape index (κ2) is 73.3. The van der Waals surface area contributed by atoms with Crippen LogP contribution in [0.2, 0.25) is 0 Å². The zero-order valence-electron chi connectivity index (χ0n) is 63.1. The van der Waals surface area contributed by atoms with Gasteiger partial charge in [-0.1, -0.05) is 260 Å². The lowest BCUT2D eigenvalue weighted by molar-refractivity contribution is -0.161. The highest BCUT2D eigenvalue weighted by atomic mass is 31.2. The maximum absolute atomic E-state index is 13.1. The molecule has 5 atom stereocenters. The minimum absolute atomic E-state index is 0.0774. The Labute approximate surface area is 607 Å². The third-order valence-electron chi connectivity index (χ3n) is 16.5. The van der Waals surface area contributed by atoms with E-state index in [1.54, 1.807) is 0 Å². The van der Waals surface area contributed by atoms with Crippen molar-refractivity contribution in [1.82, 2.24) is 0 Å². The molecule has 0 saturated heterocycles. The maximum atomic E-state index is 13.1. The monoisotopic (exact) mass is 1450 g/mol. The van der Waals surface area contributed by atoms with Crippen LogP contribution in [0.15, 0.2) is 97.2 Å². The highest BCUT2D eigenvalue weighted by Crippen LogP contribution is 2.45. The molecule has 0 saturated carbocycles. The number of carbonyl (C=O) groups is 4. The number of esters is 4. The molecule has 100 heavy (non-hydrogen) atoms. The van der Waals surface area contributed by atoms with Gasteiger partial charge in [0, 0.05) is 25.7 Å². The van der Waals surface area contributed by atoms with Crippen molar-refractivity contribution < 1.29 is 80.2 Å². The first-order valence-corrected chi connectivity index (χ1v) is 42.5. The Morgan fingerprint density at radius 2 is 0.520 bits per heavy atom. The van der Waals surface area contributed by atoms with Gasteiger partial charge in [0.05, 0.1) is 26.4 Å². The van der Waals surface area contributed by atoms with Crippen LogP contribution in [0.4, 0.5) is 0 Å². The Kier molecular flexibility index (Phi) is 70.4. The molecule has 0 aromatic heterocycles. The maximum Gasteiger partial charge on any atom is 0.472 e. The number of aliphatic hydroxyl groups is 1. The molecule has 0 radical (unpaired) electrons. The standard InChI is InChI=1S/C81H142O17P2/c1-5-9-13-17-21-25-29-33-35-36-37-38-40-43-46-50-54-58-62-66-79(84)92-72-77(98-81(86)68-64-60-56-52-48-44-39-34-30-26-22-18-14-10-6-2)74-96-100(89,90)94-70-75(82)69-93-99(87,88)95-73-76(97-80(85)67-63-59-55-51-47-42-32-28-24-20-16-12-8-4)71-91-78(83)65-61-57-53-49-45-41-31-27-23-19-15-11-7-3/h9,13,21,25,27-28,31-35,37-39,43,46,75-77,82H,5-8,10-12,14-20,22-24,26,29-30,36,40-42,44-45,47-74H2,1-4H3,(H,87,88)(H,89,90)/b13-9-,25-21-,31-27-,32-28-,35-33-,38-37-,39-34-,46-43-/t75-,76+,77+/m0/s1. The molecule has 17 nitrogen and oxygen atoms in total. The van der Waals surface area contributed by atoms with Gasteiger partial charge in [0.25, 0.3) is 0 Å². The average Bonchev–Trinajstić information content (AvgIpc) is 0.946. The molecule has 0 aromatic rings. The van der Waals surface area contributed by atoms with Crippen molar-refractivity contribution in [2.45, 2.75) is 354 Å². The second-order valence-corrected chi connectivity index (χ2v) is 29.2. The molecule has 578 valence electrons. The molecule has 0 heterocycles. The summed E-state index contributed by atoms with van der Waals surface area (Å²) in [7, 11) is -9.96. The lowest BCUT2D eigenvalue weighted by atomic mass is 10.1. The largest absolute Gasteiger partial charge is 0.472 e. The summed E-state index contributed by atoms with van der Waals surface area (Å²) in [6, 6.07) is 0. The summed E-state index contributed by atoms with van der Waals surface area (Å²) in [6.45, 7) is 4.69. The summed E-state index contributed by atoms with van der Waals surface area (Å²) in [6.07, 6.45) is 76.7. The second-order valence-electron chi connectivity index (χ2n) is 26.3. The van der Waals surface area contributed by atoms with Gasteiger partial charge in [-0.25, -0.2) is 9.13 Å². The van der Waals surface area contributed by atoms with Gasteiger partial charge in [-0.15, -0.1) is 0 Å². The summed E-state index contributed by atoms with van der Waals surface area (Å²) < 4.78 is 68.5. The predicted molar refractivity (Wildman–Crippen MR) is 409 cm³/mol. The van der Waals surface area contributed by atoms with E-state index in [-0.39, 0.29) is 25.7 Å².